The molecule has 1 saturated heterocycles. The summed E-state index contributed by atoms with van der Waals surface area (Å²) in [7, 11) is 0. The topological polar surface area (TPSA) is 127 Å². The lowest BCUT2D eigenvalue weighted by Gasteiger charge is -2.41. The zero-order valence-corrected chi connectivity index (χ0v) is 22.9. The second-order valence-corrected chi connectivity index (χ2v) is 10.3. The second kappa shape index (κ2) is 14.1. The van der Waals surface area contributed by atoms with Crippen LogP contribution < -0.4 is 5.32 Å². The van der Waals surface area contributed by atoms with Gasteiger partial charge in [0.15, 0.2) is 6.29 Å². The lowest BCUT2D eigenvalue weighted by atomic mass is 9.91. The highest BCUT2D eigenvalue weighted by Gasteiger charge is 2.38. The third-order valence-corrected chi connectivity index (χ3v) is 7.62. The predicted molar refractivity (Wildman–Crippen MR) is 150 cm³/mol. The Bertz CT molecular complexity index is 1300. The fourth-order valence-corrected chi connectivity index (χ4v) is 5.44. The molecule has 0 bridgehead atoms. The molecule has 1 aliphatic heterocycles. The van der Waals surface area contributed by atoms with Crippen molar-refractivity contribution < 1.29 is 34.0 Å². The molecule has 1 amide bonds. The van der Waals surface area contributed by atoms with Gasteiger partial charge in [0.05, 0.1) is 24.4 Å². The number of nitrogens with zero attached hydrogens (tertiary/aromatic N) is 1. The first-order valence-corrected chi connectivity index (χ1v) is 13.8. The van der Waals surface area contributed by atoms with Gasteiger partial charge < -0.3 is 29.7 Å². The van der Waals surface area contributed by atoms with Crippen LogP contribution in [0.1, 0.15) is 51.9 Å². The minimum absolute atomic E-state index is 0.0461. The van der Waals surface area contributed by atoms with Crippen LogP contribution in [0, 0.1) is 5.92 Å². The maximum absolute atomic E-state index is 11.7. The summed E-state index contributed by atoms with van der Waals surface area (Å²) < 4.78 is 17.8. The number of nitrogens with one attached hydrogen (secondary N) is 1. The Morgan fingerprint density at radius 1 is 1.07 bits per heavy atom. The van der Waals surface area contributed by atoms with E-state index in [0.717, 1.165) is 22.3 Å². The number of benzene rings is 2. The van der Waals surface area contributed by atoms with Crippen LogP contribution in [0.2, 0.25) is 0 Å². The monoisotopic (exact) mass is 564 g/mol. The zero-order chi connectivity index (χ0) is 28.5. The number of hydrogen-bond acceptors (Lipinski definition) is 8. The van der Waals surface area contributed by atoms with Crippen LogP contribution in [0.15, 0.2) is 84.5 Å². The van der Waals surface area contributed by atoms with E-state index in [1.165, 1.54) is 23.9 Å². The number of carboxylic acids is 1. The first-order valence-electron chi connectivity index (χ1n) is 12.8. The van der Waals surface area contributed by atoms with Gasteiger partial charge in [-0.1, -0.05) is 68.1 Å². The number of aliphatic hydroxyl groups is 1. The molecule has 2 aromatic carbocycles. The number of hydrogen-bond donors (Lipinski definition) is 3. The number of alkyl carbamates (subject to hydrolysis) is 1. The van der Waals surface area contributed by atoms with Crippen LogP contribution in [-0.2, 0) is 27.4 Å². The Kier molecular flexibility index (Phi) is 10.3. The highest BCUT2D eigenvalue weighted by Crippen LogP contribution is 2.43. The van der Waals surface area contributed by atoms with Crippen molar-refractivity contribution in [2.24, 2.45) is 5.92 Å². The number of thioether (sulfide) groups is 1. The maximum atomic E-state index is 11.7. The van der Waals surface area contributed by atoms with E-state index in [1.54, 1.807) is 12.3 Å². The third-order valence-electron chi connectivity index (χ3n) is 6.53. The molecule has 210 valence electrons. The average Bonchev–Trinajstić information content (AvgIpc) is 2.99. The smallest absolute Gasteiger partial charge is 0.407 e. The van der Waals surface area contributed by atoms with Crippen molar-refractivity contribution in [3.05, 3.63) is 107 Å². The van der Waals surface area contributed by atoms with E-state index in [4.69, 9.17) is 14.2 Å². The molecule has 3 aromatic rings. The van der Waals surface area contributed by atoms with Crippen molar-refractivity contribution in [1.82, 2.24) is 10.3 Å². The Hall–Kier alpha value is -3.70. The van der Waals surface area contributed by atoms with E-state index in [2.05, 4.69) is 16.9 Å². The molecule has 2 heterocycles. The van der Waals surface area contributed by atoms with Gasteiger partial charge in [-0.15, -0.1) is 11.8 Å². The number of carbonyl (C=O) groups is 2. The highest BCUT2D eigenvalue weighted by atomic mass is 32.2. The Balaban J connectivity index is 1.52. The van der Waals surface area contributed by atoms with E-state index in [0.29, 0.717) is 17.3 Å². The first-order chi connectivity index (χ1) is 19.4. The van der Waals surface area contributed by atoms with Crippen molar-refractivity contribution in [3.63, 3.8) is 0 Å². The zero-order valence-electron chi connectivity index (χ0n) is 22.1. The van der Waals surface area contributed by atoms with Crippen molar-refractivity contribution in [3.8, 4) is 0 Å². The summed E-state index contributed by atoms with van der Waals surface area (Å²) >= 11 is 1.34. The summed E-state index contributed by atoms with van der Waals surface area (Å²) in [6.45, 7) is 5.96. The van der Waals surface area contributed by atoms with Crippen LogP contribution in [0.4, 0.5) is 4.79 Å². The lowest BCUT2D eigenvalue weighted by Crippen LogP contribution is -2.38. The standard InChI is InChI=1S/C30H32N2O7S/c1-3-15-37-30(36)32-16-20-6-12-23(13-7-20)29-38-25(18-40-27-24(28(34)35)5-4-14-31-27)19(2)26(39-29)22-10-8-21(17-33)9-11-22/h3-14,19,25-26,29,33H,1,15-18H2,2H3,(H,32,36)(H,34,35)/t19-,25+,26+,29+/m0/s1. The molecule has 10 heteroatoms. The Morgan fingerprint density at radius 3 is 2.45 bits per heavy atom. The summed E-state index contributed by atoms with van der Waals surface area (Å²) in [5, 5.41) is 22.1. The number of amides is 1. The fourth-order valence-electron chi connectivity index (χ4n) is 4.29. The van der Waals surface area contributed by atoms with Crippen molar-refractivity contribution in [2.75, 3.05) is 12.4 Å². The molecule has 0 radical (unpaired) electrons. The molecule has 1 aliphatic rings. The third kappa shape index (κ3) is 7.48. The lowest BCUT2D eigenvalue weighted by molar-refractivity contribution is -0.268. The minimum atomic E-state index is -1.03. The van der Waals surface area contributed by atoms with Crippen molar-refractivity contribution in [2.45, 2.75) is 43.6 Å². The first kappa shape index (κ1) is 29.3. The molecular weight excluding hydrogens is 532 g/mol. The SMILES string of the molecule is C=CCOC(=O)NCc1ccc([C@@H]2O[C@H](CSc3ncccc3C(=O)O)[C@H](C)[C@H](c3ccc(CO)cc3)O2)cc1. The summed E-state index contributed by atoms with van der Waals surface area (Å²) in [6.07, 6.45) is 1.29. The number of carboxylic acid groups (broad SMARTS) is 1. The number of carbonyl (C=O) groups excluding carboxylic acids is 1. The summed E-state index contributed by atoms with van der Waals surface area (Å²) in [5.74, 6) is -0.621. The van der Waals surface area contributed by atoms with Gasteiger partial charge in [-0.25, -0.2) is 14.6 Å². The van der Waals surface area contributed by atoms with Gasteiger partial charge in [0.2, 0.25) is 0 Å². The van der Waals surface area contributed by atoms with Crippen LogP contribution in [0.3, 0.4) is 0 Å². The number of aliphatic hydroxyl groups excluding tert-OH is 1. The van der Waals surface area contributed by atoms with Gasteiger partial charge in [0, 0.05) is 30.0 Å². The van der Waals surface area contributed by atoms with Gasteiger partial charge in [-0.2, -0.15) is 0 Å². The summed E-state index contributed by atoms with van der Waals surface area (Å²) in [5.41, 5.74) is 3.60. The molecule has 4 rings (SSSR count). The molecule has 40 heavy (non-hydrogen) atoms. The molecule has 3 N–H and O–H groups in total. The molecule has 0 aliphatic carbocycles. The largest absolute Gasteiger partial charge is 0.478 e. The number of aromatic carboxylic acids is 1. The van der Waals surface area contributed by atoms with E-state index in [-0.39, 0.29) is 36.9 Å². The second-order valence-electron chi connectivity index (χ2n) is 9.28. The maximum Gasteiger partial charge on any atom is 0.407 e. The summed E-state index contributed by atoms with van der Waals surface area (Å²) in [4.78, 5) is 27.6. The molecule has 0 unspecified atom stereocenters. The number of rotatable bonds is 11. The van der Waals surface area contributed by atoms with Gasteiger partial charge in [-0.05, 0) is 28.8 Å². The van der Waals surface area contributed by atoms with E-state index in [9.17, 15) is 19.8 Å². The average molecular weight is 565 g/mol. The number of pyridine rings is 1. The number of ether oxygens (including phenoxy) is 3. The van der Waals surface area contributed by atoms with E-state index in [1.807, 2.05) is 55.5 Å². The van der Waals surface area contributed by atoms with Crippen LogP contribution in [0.5, 0.6) is 0 Å². The van der Waals surface area contributed by atoms with Crippen molar-refractivity contribution in [1.29, 1.82) is 0 Å². The molecule has 0 spiro atoms. The molecule has 9 nitrogen and oxygen atoms in total. The normalized spacial score (nSPS) is 20.4. The predicted octanol–water partition coefficient (Wildman–Crippen LogP) is 5.27. The number of aromatic nitrogens is 1. The van der Waals surface area contributed by atoms with Crippen LogP contribution >= 0.6 is 11.8 Å². The summed E-state index contributed by atoms with van der Waals surface area (Å²) in [6, 6.07) is 18.3. The van der Waals surface area contributed by atoms with E-state index < -0.39 is 18.4 Å². The van der Waals surface area contributed by atoms with Gasteiger partial charge >= 0.3 is 12.1 Å². The molecular formula is C30H32N2O7S. The Labute approximate surface area is 237 Å². The molecule has 4 atom stereocenters. The minimum Gasteiger partial charge on any atom is -0.478 e. The molecule has 1 aromatic heterocycles. The fraction of sp³-hybridized carbons (Fsp3) is 0.300. The molecule has 0 saturated carbocycles. The highest BCUT2D eigenvalue weighted by molar-refractivity contribution is 7.99. The Morgan fingerprint density at radius 2 is 1.77 bits per heavy atom. The quantitative estimate of drug-likeness (QED) is 0.211. The van der Waals surface area contributed by atoms with Crippen LogP contribution in [-0.4, -0.2) is 45.7 Å². The van der Waals surface area contributed by atoms with Crippen molar-refractivity contribution >= 4 is 23.8 Å². The van der Waals surface area contributed by atoms with Crippen LogP contribution in [0.25, 0.3) is 0 Å². The van der Waals surface area contributed by atoms with E-state index >= 15 is 0 Å². The molecule has 1 fully saturated rings. The van der Waals surface area contributed by atoms with Gasteiger partial charge in [0.1, 0.15) is 11.6 Å². The van der Waals surface area contributed by atoms with Gasteiger partial charge in [-0.3, -0.25) is 0 Å². The van der Waals surface area contributed by atoms with Gasteiger partial charge in [0.25, 0.3) is 0 Å².